The normalized spacial score (nSPS) is 13.6. The average molecular weight is 413 g/mol. The highest BCUT2D eigenvalue weighted by molar-refractivity contribution is 5.90. The van der Waals surface area contributed by atoms with Crippen molar-refractivity contribution in [2.75, 3.05) is 23.3 Å². The Morgan fingerprint density at radius 2 is 1.84 bits per heavy atom. The van der Waals surface area contributed by atoms with Gasteiger partial charge in [-0.3, -0.25) is 4.79 Å². The minimum Gasteiger partial charge on any atom is -0.353 e. The van der Waals surface area contributed by atoms with E-state index in [4.69, 9.17) is 10.2 Å². The summed E-state index contributed by atoms with van der Waals surface area (Å²) < 4.78 is 2.70. The summed E-state index contributed by atoms with van der Waals surface area (Å²) in [5.41, 5.74) is 2.49. The maximum Gasteiger partial charge on any atom is 0.351 e. The molecule has 1 aliphatic heterocycles. The van der Waals surface area contributed by atoms with E-state index in [0.717, 1.165) is 25.9 Å². The van der Waals surface area contributed by atoms with E-state index in [-0.39, 0.29) is 18.1 Å². The van der Waals surface area contributed by atoms with Crippen molar-refractivity contribution in [3.8, 4) is 6.07 Å². The van der Waals surface area contributed by atoms with Crippen LogP contribution in [0.2, 0.25) is 0 Å². The molecule has 1 N–H and O–H groups in total. The fourth-order valence-corrected chi connectivity index (χ4v) is 3.89. The van der Waals surface area contributed by atoms with Crippen molar-refractivity contribution in [3.05, 3.63) is 64.6 Å². The number of amides is 1. The predicted molar refractivity (Wildman–Crippen MR) is 116 cm³/mol. The van der Waals surface area contributed by atoms with Gasteiger partial charge in [-0.05, 0) is 49.2 Å². The molecule has 2 aromatic heterocycles. The smallest absolute Gasteiger partial charge is 0.351 e. The molecule has 0 radical (unpaired) electrons. The summed E-state index contributed by atoms with van der Waals surface area (Å²) in [7, 11) is 0. The van der Waals surface area contributed by atoms with Crippen LogP contribution in [-0.4, -0.2) is 38.2 Å². The maximum absolute atomic E-state index is 13.2. The SMILES string of the molecule is N#Cc1ccc(NC(=O)Cn2nc3c(N4CCCC4)nc4ccccc4n3c2=O)cc1. The number of carbonyl (C=O) groups excluding carboxylic acids is 1. The van der Waals surface area contributed by atoms with Gasteiger partial charge in [0.2, 0.25) is 11.6 Å². The zero-order valence-electron chi connectivity index (χ0n) is 16.7. The standard InChI is InChI=1S/C22H19N7O2/c23-13-15-7-9-16(10-8-15)24-19(30)14-28-22(31)29-18-6-2-1-5-17(18)25-20(21(29)26-28)27-11-3-4-12-27/h1-2,5-10H,3-4,11-12,14H2,(H,24,30). The first-order valence-corrected chi connectivity index (χ1v) is 10.1. The van der Waals surface area contributed by atoms with E-state index in [1.807, 2.05) is 30.3 Å². The van der Waals surface area contributed by atoms with Gasteiger partial charge in [0.15, 0.2) is 5.82 Å². The highest BCUT2D eigenvalue weighted by Gasteiger charge is 2.23. The van der Waals surface area contributed by atoms with Gasteiger partial charge >= 0.3 is 5.69 Å². The summed E-state index contributed by atoms with van der Waals surface area (Å²) in [6, 6.07) is 16.0. The molecule has 1 aliphatic rings. The predicted octanol–water partition coefficient (Wildman–Crippen LogP) is 2.15. The summed E-state index contributed by atoms with van der Waals surface area (Å²) in [5.74, 6) is 0.287. The Hall–Kier alpha value is -4.19. The van der Waals surface area contributed by atoms with Crippen LogP contribution in [0.4, 0.5) is 11.5 Å². The maximum atomic E-state index is 13.2. The van der Waals surface area contributed by atoms with Crippen LogP contribution in [0.15, 0.2) is 53.3 Å². The van der Waals surface area contributed by atoms with E-state index in [1.165, 1.54) is 9.08 Å². The molecule has 5 rings (SSSR count). The molecule has 1 saturated heterocycles. The van der Waals surface area contributed by atoms with Crippen LogP contribution in [0, 0.1) is 11.3 Å². The number of benzene rings is 2. The minimum atomic E-state index is -0.385. The van der Waals surface area contributed by atoms with Gasteiger partial charge in [0, 0.05) is 18.8 Å². The van der Waals surface area contributed by atoms with E-state index in [1.54, 1.807) is 24.3 Å². The average Bonchev–Trinajstić information content (AvgIpc) is 3.43. The Labute approximate surface area is 177 Å². The molecule has 0 aliphatic carbocycles. The first kappa shape index (κ1) is 18.8. The Morgan fingerprint density at radius 1 is 1.10 bits per heavy atom. The van der Waals surface area contributed by atoms with Gasteiger partial charge in [0.25, 0.3) is 0 Å². The lowest BCUT2D eigenvalue weighted by Gasteiger charge is -2.17. The zero-order valence-corrected chi connectivity index (χ0v) is 16.7. The zero-order chi connectivity index (χ0) is 21.4. The number of fused-ring (bicyclic) bond motifs is 3. The summed E-state index contributed by atoms with van der Waals surface area (Å²) in [6.07, 6.45) is 2.14. The van der Waals surface area contributed by atoms with Gasteiger partial charge in [-0.15, -0.1) is 5.10 Å². The lowest BCUT2D eigenvalue weighted by atomic mass is 10.2. The Morgan fingerprint density at radius 3 is 2.58 bits per heavy atom. The molecule has 0 spiro atoms. The topological polar surface area (TPSA) is 108 Å². The van der Waals surface area contributed by atoms with Crippen LogP contribution >= 0.6 is 0 Å². The molecule has 0 atom stereocenters. The third kappa shape index (κ3) is 3.38. The van der Waals surface area contributed by atoms with Crippen molar-refractivity contribution in [1.29, 1.82) is 5.26 Å². The Bertz CT molecular complexity index is 1390. The number of nitrogens with zero attached hydrogens (tertiary/aromatic N) is 6. The molecule has 0 bridgehead atoms. The summed E-state index contributed by atoms with van der Waals surface area (Å²) in [5, 5.41) is 16.1. The van der Waals surface area contributed by atoms with Gasteiger partial charge in [0.05, 0.1) is 22.7 Å². The second kappa shape index (κ2) is 7.57. The molecule has 3 heterocycles. The lowest BCUT2D eigenvalue weighted by molar-refractivity contribution is -0.117. The van der Waals surface area contributed by atoms with E-state index in [0.29, 0.717) is 33.7 Å². The van der Waals surface area contributed by atoms with Crippen molar-refractivity contribution in [1.82, 2.24) is 19.2 Å². The van der Waals surface area contributed by atoms with Gasteiger partial charge in [-0.2, -0.15) is 5.26 Å². The summed E-state index contributed by atoms with van der Waals surface area (Å²) >= 11 is 0. The van der Waals surface area contributed by atoms with Crippen molar-refractivity contribution in [3.63, 3.8) is 0 Å². The minimum absolute atomic E-state index is 0.228. The Kier molecular flexibility index (Phi) is 4.59. The van der Waals surface area contributed by atoms with Crippen LogP contribution in [0.5, 0.6) is 0 Å². The number of anilines is 2. The molecule has 9 heteroatoms. The second-order valence-electron chi connectivity index (χ2n) is 7.45. The highest BCUT2D eigenvalue weighted by Crippen LogP contribution is 2.25. The molecule has 0 unspecified atom stereocenters. The molecule has 0 saturated carbocycles. The third-order valence-corrected chi connectivity index (χ3v) is 5.39. The fraction of sp³-hybridized carbons (Fsp3) is 0.227. The van der Waals surface area contributed by atoms with E-state index < -0.39 is 0 Å². The number of nitrogens with one attached hydrogen (secondary N) is 1. The van der Waals surface area contributed by atoms with Crippen molar-refractivity contribution in [2.45, 2.75) is 19.4 Å². The van der Waals surface area contributed by atoms with E-state index in [2.05, 4.69) is 15.3 Å². The quantitative estimate of drug-likeness (QED) is 0.549. The van der Waals surface area contributed by atoms with Crippen LogP contribution in [0.1, 0.15) is 18.4 Å². The molecule has 9 nitrogen and oxygen atoms in total. The monoisotopic (exact) mass is 413 g/mol. The van der Waals surface area contributed by atoms with Crippen LogP contribution in [0.25, 0.3) is 16.7 Å². The van der Waals surface area contributed by atoms with Gasteiger partial charge in [-0.25, -0.2) is 18.9 Å². The number of hydrogen-bond acceptors (Lipinski definition) is 6. The number of carbonyl (C=O) groups is 1. The van der Waals surface area contributed by atoms with Gasteiger partial charge in [-0.1, -0.05) is 12.1 Å². The molecule has 4 aromatic rings. The van der Waals surface area contributed by atoms with Gasteiger partial charge < -0.3 is 10.2 Å². The van der Waals surface area contributed by atoms with Crippen LogP contribution < -0.4 is 15.9 Å². The van der Waals surface area contributed by atoms with E-state index in [9.17, 15) is 9.59 Å². The highest BCUT2D eigenvalue weighted by atomic mass is 16.2. The third-order valence-electron chi connectivity index (χ3n) is 5.39. The first-order valence-electron chi connectivity index (χ1n) is 10.1. The fourth-order valence-electron chi connectivity index (χ4n) is 3.89. The molecule has 154 valence electrons. The number of aromatic nitrogens is 4. The summed E-state index contributed by atoms with van der Waals surface area (Å²) in [6.45, 7) is 1.50. The molecule has 2 aromatic carbocycles. The molecule has 1 amide bonds. The molecule has 31 heavy (non-hydrogen) atoms. The molecular weight excluding hydrogens is 394 g/mol. The van der Waals surface area contributed by atoms with Crippen LogP contribution in [-0.2, 0) is 11.3 Å². The number of nitriles is 1. The Balaban J connectivity index is 1.53. The van der Waals surface area contributed by atoms with Gasteiger partial charge in [0.1, 0.15) is 6.54 Å². The van der Waals surface area contributed by atoms with Crippen molar-refractivity contribution >= 4 is 34.1 Å². The van der Waals surface area contributed by atoms with Crippen molar-refractivity contribution < 1.29 is 4.79 Å². The van der Waals surface area contributed by atoms with E-state index >= 15 is 0 Å². The molecule has 1 fully saturated rings. The largest absolute Gasteiger partial charge is 0.353 e. The number of hydrogen-bond donors (Lipinski definition) is 1. The number of para-hydroxylation sites is 2. The second-order valence-corrected chi connectivity index (χ2v) is 7.45. The lowest BCUT2D eigenvalue weighted by Crippen LogP contribution is -2.28. The van der Waals surface area contributed by atoms with Crippen molar-refractivity contribution in [2.24, 2.45) is 0 Å². The van der Waals surface area contributed by atoms with Crippen LogP contribution in [0.3, 0.4) is 0 Å². The summed E-state index contributed by atoms with van der Waals surface area (Å²) in [4.78, 5) is 32.6. The first-order chi connectivity index (χ1) is 15.1. The molecular formula is C22H19N7O2. The number of rotatable bonds is 4.